The molecule has 0 unspecified atom stereocenters. The SMILES string of the molecule is CC(=O)N(C)Oc1ccccc1. The Morgan fingerprint density at radius 3 is 2.42 bits per heavy atom. The summed E-state index contributed by atoms with van der Waals surface area (Å²) >= 11 is 0. The van der Waals surface area contributed by atoms with Gasteiger partial charge in [-0.15, -0.1) is 0 Å². The second kappa shape index (κ2) is 3.76. The topological polar surface area (TPSA) is 29.5 Å². The molecule has 0 fully saturated rings. The van der Waals surface area contributed by atoms with Crippen LogP contribution in [0.1, 0.15) is 6.92 Å². The van der Waals surface area contributed by atoms with Crippen LogP contribution in [0.3, 0.4) is 0 Å². The van der Waals surface area contributed by atoms with Crippen LogP contribution in [-0.2, 0) is 4.79 Å². The normalized spacial score (nSPS) is 9.17. The van der Waals surface area contributed by atoms with Crippen LogP contribution in [0.25, 0.3) is 0 Å². The maximum atomic E-state index is 10.7. The van der Waals surface area contributed by atoms with E-state index in [-0.39, 0.29) is 5.91 Å². The van der Waals surface area contributed by atoms with Crippen molar-refractivity contribution < 1.29 is 9.63 Å². The smallest absolute Gasteiger partial charge is 0.251 e. The summed E-state index contributed by atoms with van der Waals surface area (Å²) in [5.74, 6) is 0.536. The second-order valence-electron chi connectivity index (χ2n) is 2.42. The number of hydrogen-bond acceptors (Lipinski definition) is 2. The zero-order chi connectivity index (χ0) is 8.97. The fourth-order valence-electron chi connectivity index (χ4n) is 0.704. The first-order chi connectivity index (χ1) is 5.70. The number of carbonyl (C=O) groups excluding carboxylic acids is 1. The van der Waals surface area contributed by atoms with E-state index in [4.69, 9.17) is 4.84 Å². The summed E-state index contributed by atoms with van der Waals surface area (Å²) in [6.45, 7) is 1.45. The van der Waals surface area contributed by atoms with Crippen LogP contribution in [0.4, 0.5) is 0 Å². The highest BCUT2D eigenvalue weighted by atomic mass is 16.7. The summed E-state index contributed by atoms with van der Waals surface area (Å²) < 4.78 is 0. The van der Waals surface area contributed by atoms with Gasteiger partial charge in [0.05, 0.1) is 0 Å². The minimum Gasteiger partial charge on any atom is -0.377 e. The van der Waals surface area contributed by atoms with Gasteiger partial charge in [0, 0.05) is 14.0 Å². The molecule has 0 aliphatic carbocycles. The highest BCUT2D eigenvalue weighted by molar-refractivity contribution is 5.71. The van der Waals surface area contributed by atoms with Crippen molar-refractivity contribution in [3.8, 4) is 5.75 Å². The Kier molecular flexibility index (Phi) is 2.69. The standard InChI is InChI=1S/C9H11NO2/c1-8(11)10(2)12-9-6-4-3-5-7-9/h3-7H,1-2H3. The van der Waals surface area contributed by atoms with Gasteiger partial charge in [-0.3, -0.25) is 4.79 Å². The molecule has 0 aromatic heterocycles. The minimum absolute atomic E-state index is 0.126. The number of carbonyl (C=O) groups is 1. The van der Waals surface area contributed by atoms with Crippen LogP contribution in [0.2, 0.25) is 0 Å². The Balaban J connectivity index is 2.58. The molecule has 1 rings (SSSR count). The van der Waals surface area contributed by atoms with Crippen molar-refractivity contribution in [1.82, 2.24) is 5.06 Å². The largest absolute Gasteiger partial charge is 0.377 e. The Morgan fingerprint density at radius 1 is 1.33 bits per heavy atom. The zero-order valence-electron chi connectivity index (χ0n) is 7.15. The predicted molar refractivity (Wildman–Crippen MR) is 45.5 cm³/mol. The molecule has 0 bridgehead atoms. The van der Waals surface area contributed by atoms with Crippen LogP contribution < -0.4 is 4.84 Å². The maximum absolute atomic E-state index is 10.7. The van der Waals surface area contributed by atoms with E-state index in [0.29, 0.717) is 5.75 Å². The first-order valence-corrected chi connectivity index (χ1v) is 3.67. The van der Waals surface area contributed by atoms with E-state index >= 15 is 0 Å². The van der Waals surface area contributed by atoms with E-state index < -0.39 is 0 Å². The number of para-hydroxylation sites is 1. The van der Waals surface area contributed by atoms with Gasteiger partial charge in [0.2, 0.25) is 0 Å². The van der Waals surface area contributed by atoms with Crippen molar-refractivity contribution >= 4 is 5.91 Å². The fraction of sp³-hybridized carbons (Fsp3) is 0.222. The summed E-state index contributed by atoms with van der Waals surface area (Å²) in [6.07, 6.45) is 0. The summed E-state index contributed by atoms with van der Waals surface area (Å²) in [7, 11) is 1.58. The third kappa shape index (κ3) is 2.27. The van der Waals surface area contributed by atoms with Crippen molar-refractivity contribution in [3.05, 3.63) is 30.3 Å². The van der Waals surface area contributed by atoms with Crippen LogP contribution >= 0.6 is 0 Å². The number of hydroxylamine groups is 2. The third-order valence-electron chi connectivity index (χ3n) is 1.43. The van der Waals surface area contributed by atoms with Gasteiger partial charge < -0.3 is 4.84 Å². The molecule has 3 heteroatoms. The van der Waals surface area contributed by atoms with Gasteiger partial charge in [-0.05, 0) is 12.1 Å². The van der Waals surface area contributed by atoms with Crippen LogP contribution in [0.5, 0.6) is 5.75 Å². The van der Waals surface area contributed by atoms with E-state index in [1.165, 1.54) is 12.0 Å². The molecule has 12 heavy (non-hydrogen) atoms. The van der Waals surface area contributed by atoms with E-state index in [1.54, 1.807) is 19.2 Å². The zero-order valence-corrected chi connectivity index (χ0v) is 7.15. The van der Waals surface area contributed by atoms with Gasteiger partial charge in [-0.1, -0.05) is 18.2 Å². The molecule has 1 amide bonds. The van der Waals surface area contributed by atoms with Crippen LogP contribution in [0, 0.1) is 0 Å². The predicted octanol–water partition coefficient (Wildman–Crippen LogP) is 1.46. The van der Waals surface area contributed by atoms with Gasteiger partial charge >= 0.3 is 0 Å². The molecule has 0 radical (unpaired) electrons. The number of hydrogen-bond donors (Lipinski definition) is 0. The maximum Gasteiger partial charge on any atom is 0.251 e. The minimum atomic E-state index is -0.126. The molecule has 0 heterocycles. The molecule has 1 aromatic carbocycles. The average molecular weight is 165 g/mol. The molecular formula is C9H11NO2. The number of rotatable bonds is 2. The Morgan fingerprint density at radius 2 is 1.92 bits per heavy atom. The Hall–Kier alpha value is -1.51. The highest BCUT2D eigenvalue weighted by Gasteiger charge is 2.02. The van der Waals surface area contributed by atoms with Crippen LogP contribution in [-0.4, -0.2) is 18.0 Å². The highest BCUT2D eigenvalue weighted by Crippen LogP contribution is 2.09. The van der Waals surface area contributed by atoms with Gasteiger partial charge in [0.25, 0.3) is 5.91 Å². The molecule has 64 valence electrons. The number of nitrogens with zero attached hydrogens (tertiary/aromatic N) is 1. The lowest BCUT2D eigenvalue weighted by Crippen LogP contribution is -2.27. The summed E-state index contributed by atoms with van der Waals surface area (Å²) in [6, 6.07) is 9.17. The first-order valence-electron chi connectivity index (χ1n) is 3.67. The lowest BCUT2D eigenvalue weighted by Gasteiger charge is -2.14. The Bertz CT molecular complexity index is 258. The van der Waals surface area contributed by atoms with E-state index in [0.717, 1.165) is 0 Å². The van der Waals surface area contributed by atoms with Crippen molar-refractivity contribution in [2.75, 3.05) is 7.05 Å². The molecule has 0 spiro atoms. The van der Waals surface area contributed by atoms with Gasteiger partial charge in [-0.2, -0.15) is 5.06 Å². The fourth-order valence-corrected chi connectivity index (χ4v) is 0.704. The van der Waals surface area contributed by atoms with Crippen molar-refractivity contribution in [3.63, 3.8) is 0 Å². The third-order valence-corrected chi connectivity index (χ3v) is 1.43. The van der Waals surface area contributed by atoms with E-state index in [2.05, 4.69) is 0 Å². The molecule has 0 atom stereocenters. The monoisotopic (exact) mass is 165 g/mol. The number of amides is 1. The van der Waals surface area contributed by atoms with E-state index in [9.17, 15) is 4.79 Å². The molecule has 1 aromatic rings. The van der Waals surface area contributed by atoms with Gasteiger partial charge in [0.15, 0.2) is 5.75 Å². The quantitative estimate of drug-likeness (QED) is 0.621. The molecular weight excluding hydrogens is 154 g/mol. The summed E-state index contributed by atoms with van der Waals surface area (Å²) in [5.41, 5.74) is 0. The molecule has 0 aliphatic heterocycles. The summed E-state index contributed by atoms with van der Waals surface area (Å²) in [5, 5.41) is 1.19. The van der Waals surface area contributed by atoms with Crippen molar-refractivity contribution in [1.29, 1.82) is 0 Å². The first kappa shape index (κ1) is 8.59. The molecule has 0 saturated heterocycles. The average Bonchev–Trinajstić information content (AvgIpc) is 2.06. The Labute approximate surface area is 71.5 Å². The number of benzene rings is 1. The van der Waals surface area contributed by atoms with Crippen LogP contribution in [0.15, 0.2) is 30.3 Å². The van der Waals surface area contributed by atoms with E-state index in [1.807, 2.05) is 18.2 Å². The lowest BCUT2D eigenvalue weighted by molar-refractivity contribution is -0.149. The van der Waals surface area contributed by atoms with Crippen molar-refractivity contribution in [2.45, 2.75) is 6.92 Å². The van der Waals surface area contributed by atoms with Gasteiger partial charge in [-0.25, -0.2) is 0 Å². The lowest BCUT2D eigenvalue weighted by atomic mass is 10.3. The molecule has 3 nitrogen and oxygen atoms in total. The van der Waals surface area contributed by atoms with Crippen molar-refractivity contribution in [2.24, 2.45) is 0 Å². The molecule has 0 aliphatic rings. The summed E-state index contributed by atoms with van der Waals surface area (Å²) in [4.78, 5) is 15.9. The molecule has 0 N–H and O–H groups in total. The van der Waals surface area contributed by atoms with Gasteiger partial charge in [0.1, 0.15) is 0 Å². The molecule has 0 saturated carbocycles. The second-order valence-corrected chi connectivity index (χ2v) is 2.42.